The number of fused-ring (bicyclic) bond motifs is 1. The maximum absolute atomic E-state index is 6.00. The fraction of sp³-hybridized carbons (Fsp3) is 0.571. The number of hydrogen-bond acceptors (Lipinski definition) is 4. The molecule has 0 saturated carbocycles. The Balaban J connectivity index is 1.88. The normalized spacial score (nSPS) is 18.1. The summed E-state index contributed by atoms with van der Waals surface area (Å²) in [6, 6.07) is 8.09. The monoisotopic (exact) mass is 250 g/mol. The maximum atomic E-state index is 6.00. The van der Waals surface area contributed by atoms with Crippen LogP contribution in [0.3, 0.4) is 0 Å². The zero-order valence-corrected chi connectivity index (χ0v) is 11.2. The van der Waals surface area contributed by atoms with Gasteiger partial charge in [0.2, 0.25) is 0 Å². The highest BCUT2D eigenvalue weighted by Gasteiger charge is 2.20. The van der Waals surface area contributed by atoms with Gasteiger partial charge >= 0.3 is 0 Å². The predicted octanol–water partition coefficient (Wildman–Crippen LogP) is 1.83. The second-order valence-corrected chi connectivity index (χ2v) is 4.50. The molecular weight excluding hydrogens is 228 g/mol. The first kappa shape index (κ1) is 13.2. The van der Waals surface area contributed by atoms with E-state index in [4.69, 9.17) is 9.47 Å². The minimum absolute atomic E-state index is 0.205. The van der Waals surface area contributed by atoms with Gasteiger partial charge < -0.3 is 14.8 Å². The Kier molecular flexibility index (Phi) is 4.84. The Morgan fingerprint density at radius 1 is 1.44 bits per heavy atom. The van der Waals surface area contributed by atoms with Crippen LogP contribution in [-0.2, 0) is 4.74 Å². The highest BCUT2D eigenvalue weighted by molar-refractivity contribution is 5.57. The molecule has 0 aliphatic carbocycles. The van der Waals surface area contributed by atoms with Crippen LogP contribution in [0, 0.1) is 0 Å². The lowest BCUT2D eigenvalue weighted by Gasteiger charge is -2.31. The summed E-state index contributed by atoms with van der Waals surface area (Å²) in [6.45, 7) is 6.70. The molecule has 1 unspecified atom stereocenters. The quantitative estimate of drug-likeness (QED) is 0.835. The zero-order valence-electron chi connectivity index (χ0n) is 11.2. The van der Waals surface area contributed by atoms with E-state index in [-0.39, 0.29) is 6.10 Å². The van der Waals surface area contributed by atoms with Gasteiger partial charge in [-0.25, -0.2) is 0 Å². The number of nitrogens with one attached hydrogen (secondary N) is 1. The Hall–Kier alpha value is -1.26. The lowest BCUT2D eigenvalue weighted by atomic mass is 10.2. The average Bonchev–Trinajstić information content (AvgIpc) is 2.43. The van der Waals surface area contributed by atoms with Gasteiger partial charge in [-0.2, -0.15) is 0 Å². The van der Waals surface area contributed by atoms with Crippen molar-refractivity contribution >= 4 is 5.69 Å². The molecule has 100 valence electrons. The molecule has 18 heavy (non-hydrogen) atoms. The minimum Gasteiger partial charge on any atom is -0.485 e. The van der Waals surface area contributed by atoms with E-state index in [1.54, 1.807) is 7.11 Å². The summed E-state index contributed by atoms with van der Waals surface area (Å²) in [4.78, 5) is 2.35. The fourth-order valence-corrected chi connectivity index (χ4v) is 2.15. The molecule has 0 bridgehead atoms. The first-order valence-electron chi connectivity index (χ1n) is 6.54. The van der Waals surface area contributed by atoms with Crippen LogP contribution >= 0.6 is 0 Å². The van der Waals surface area contributed by atoms with E-state index in [1.165, 1.54) is 0 Å². The largest absolute Gasteiger partial charge is 0.485 e. The number of nitrogens with zero attached hydrogens (tertiary/aromatic N) is 1. The third kappa shape index (κ3) is 3.37. The van der Waals surface area contributed by atoms with Crippen molar-refractivity contribution in [2.75, 3.05) is 45.2 Å². The van der Waals surface area contributed by atoms with E-state index >= 15 is 0 Å². The Labute approximate surface area is 109 Å². The molecule has 1 heterocycles. The number of benzene rings is 1. The topological polar surface area (TPSA) is 33.7 Å². The molecule has 1 atom stereocenters. The maximum Gasteiger partial charge on any atom is 0.142 e. The van der Waals surface area contributed by atoms with E-state index in [9.17, 15) is 0 Å². The van der Waals surface area contributed by atoms with Crippen molar-refractivity contribution in [3.63, 3.8) is 0 Å². The van der Waals surface area contributed by atoms with Gasteiger partial charge in [-0.15, -0.1) is 0 Å². The molecular formula is C14H22N2O2. The van der Waals surface area contributed by atoms with Crippen molar-refractivity contribution in [2.24, 2.45) is 0 Å². The van der Waals surface area contributed by atoms with Crippen LogP contribution in [0.5, 0.6) is 5.75 Å². The average molecular weight is 250 g/mol. The molecule has 0 amide bonds. The molecule has 4 nitrogen and oxygen atoms in total. The van der Waals surface area contributed by atoms with Gasteiger partial charge in [0, 0.05) is 20.2 Å². The molecule has 1 N–H and O–H groups in total. The van der Waals surface area contributed by atoms with Gasteiger partial charge in [0.15, 0.2) is 0 Å². The first-order chi connectivity index (χ1) is 8.83. The molecule has 0 saturated heterocycles. The molecule has 1 aromatic rings. The van der Waals surface area contributed by atoms with E-state index in [2.05, 4.69) is 17.1 Å². The second kappa shape index (κ2) is 6.61. The minimum atomic E-state index is 0.205. The van der Waals surface area contributed by atoms with E-state index in [1.807, 2.05) is 24.3 Å². The smallest absolute Gasteiger partial charge is 0.142 e. The second-order valence-electron chi connectivity index (χ2n) is 4.50. The number of ether oxygens (including phenoxy) is 2. The number of likely N-dealkylation sites (N-methyl/N-ethyl adjacent to an activating group) is 1. The highest BCUT2D eigenvalue weighted by Crippen LogP contribution is 2.28. The van der Waals surface area contributed by atoms with Crippen LogP contribution in [0.4, 0.5) is 5.69 Å². The van der Waals surface area contributed by atoms with Gasteiger partial charge in [-0.3, -0.25) is 4.90 Å². The Morgan fingerprint density at radius 3 is 3.06 bits per heavy atom. The van der Waals surface area contributed by atoms with E-state index < -0.39 is 0 Å². The third-order valence-electron chi connectivity index (χ3n) is 3.22. The van der Waals surface area contributed by atoms with Crippen LogP contribution < -0.4 is 10.1 Å². The highest BCUT2D eigenvalue weighted by atomic mass is 16.5. The zero-order chi connectivity index (χ0) is 12.8. The van der Waals surface area contributed by atoms with Crippen LogP contribution in [0.2, 0.25) is 0 Å². The van der Waals surface area contributed by atoms with Gasteiger partial charge in [0.05, 0.1) is 18.8 Å². The Bertz CT molecular complexity index is 371. The van der Waals surface area contributed by atoms with Gasteiger partial charge in [0.25, 0.3) is 0 Å². The molecule has 4 heteroatoms. The van der Waals surface area contributed by atoms with E-state index in [0.717, 1.165) is 44.2 Å². The van der Waals surface area contributed by atoms with Crippen molar-refractivity contribution in [2.45, 2.75) is 13.0 Å². The van der Waals surface area contributed by atoms with Gasteiger partial charge in [0.1, 0.15) is 11.9 Å². The number of anilines is 1. The molecule has 1 aliphatic heterocycles. The van der Waals surface area contributed by atoms with Crippen molar-refractivity contribution in [3.8, 4) is 5.75 Å². The summed E-state index contributed by atoms with van der Waals surface area (Å²) in [5, 5.41) is 3.42. The van der Waals surface area contributed by atoms with Crippen LogP contribution in [0.1, 0.15) is 6.92 Å². The fourth-order valence-electron chi connectivity index (χ4n) is 2.15. The summed E-state index contributed by atoms with van der Waals surface area (Å²) in [7, 11) is 1.74. The molecule has 0 aromatic heterocycles. The van der Waals surface area contributed by atoms with Crippen LogP contribution in [-0.4, -0.2) is 50.9 Å². The lowest BCUT2D eigenvalue weighted by molar-refractivity contribution is 0.107. The van der Waals surface area contributed by atoms with Crippen LogP contribution in [0.25, 0.3) is 0 Å². The predicted molar refractivity (Wildman–Crippen MR) is 73.3 cm³/mol. The summed E-state index contributed by atoms with van der Waals surface area (Å²) < 4.78 is 11.1. The van der Waals surface area contributed by atoms with Crippen molar-refractivity contribution in [3.05, 3.63) is 24.3 Å². The number of hydrogen-bond donors (Lipinski definition) is 1. The van der Waals surface area contributed by atoms with Crippen LogP contribution in [0.15, 0.2) is 24.3 Å². The SMILES string of the molecule is CCN(CCOC)CC1CNc2ccccc2O1. The third-order valence-corrected chi connectivity index (χ3v) is 3.22. The molecule has 0 radical (unpaired) electrons. The summed E-state index contributed by atoms with van der Waals surface area (Å²) in [5.41, 5.74) is 1.09. The van der Waals surface area contributed by atoms with Crippen molar-refractivity contribution in [1.82, 2.24) is 4.90 Å². The summed E-state index contributed by atoms with van der Waals surface area (Å²) in [6.07, 6.45) is 0.205. The number of methoxy groups -OCH3 is 1. The van der Waals surface area contributed by atoms with Gasteiger partial charge in [-0.05, 0) is 18.7 Å². The number of rotatable bonds is 6. The standard InChI is InChI=1S/C14H22N2O2/c1-3-16(8-9-17-2)11-12-10-15-13-6-4-5-7-14(13)18-12/h4-7,12,15H,3,8-11H2,1-2H3. The van der Waals surface area contributed by atoms with Gasteiger partial charge in [-0.1, -0.05) is 19.1 Å². The van der Waals surface area contributed by atoms with E-state index in [0.29, 0.717) is 0 Å². The molecule has 1 aliphatic rings. The summed E-state index contributed by atoms with van der Waals surface area (Å²) >= 11 is 0. The lowest BCUT2D eigenvalue weighted by Crippen LogP contribution is -2.42. The Morgan fingerprint density at radius 2 is 2.28 bits per heavy atom. The first-order valence-corrected chi connectivity index (χ1v) is 6.54. The molecule has 0 fully saturated rings. The number of para-hydroxylation sites is 2. The van der Waals surface area contributed by atoms with Crippen molar-refractivity contribution < 1.29 is 9.47 Å². The summed E-state index contributed by atoms with van der Waals surface area (Å²) in [5.74, 6) is 0.955. The molecule has 1 aromatic carbocycles. The van der Waals surface area contributed by atoms with Crippen molar-refractivity contribution in [1.29, 1.82) is 0 Å². The molecule has 2 rings (SSSR count). The molecule has 0 spiro atoms.